The zero-order chi connectivity index (χ0) is 10.6. The van der Waals surface area contributed by atoms with Crippen molar-refractivity contribution in [1.29, 1.82) is 0 Å². The van der Waals surface area contributed by atoms with Gasteiger partial charge in [-0.25, -0.2) is 0 Å². The van der Waals surface area contributed by atoms with Gasteiger partial charge in [0.2, 0.25) is 0 Å². The molecule has 0 heterocycles. The van der Waals surface area contributed by atoms with Gasteiger partial charge in [-0.05, 0) is 30.9 Å². The summed E-state index contributed by atoms with van der Waals surface area (Å²) in [6.45, 7) is 2.01. The van der Waals surface area contributed by atoms with Crippen LogP contribution in [0.2, 0.25) is 0 Å². The van der Waals surface area contributed by atoms with Crippen LogP contribution in [-0.2, 0) is 11.2 Å². The molecule has 1 unspecified atom stereocenters. The fraction of sp³-hybridized carbons (Fsp3) is 0.364. The van der Waals surface area contributed by atoms with Gasteiger partial charge in [0.25, 0.3) is 0 Å². The van der Waals surface area contributed by atoms with Crippen molar-refractivity contribution in [3.05, 3.63) is 35.4 Å². The number of aliphatic carboxylic acids is 1. The number of hydrogen-bond donors (Lipinski definition) is 1. The Morgan fingerprint density at radius 3 is 2.71 bits per heavy atom. The van der Waals surface area contributed by atoms with Crippen LogP contribution in [0.5, 0.6) is 0 Å². The molecule has 1 N–H and O–H groups in total. The minimum atomic E-state index is -0.944. The van der Waals surface area contributed by atoms with E-state index in [2.05, 4.69) is 0 Å². The first-order valence-electron chi connectivity index (χ1n) is 4.52. The van der Waals surface area contributed by atoms with Crippen LogP contribution in [0.25, 0.3) is 0 Å². The summed E-state index contributed by atoms with van der Waals surface area (Å²) in [6, 6.07) is 7.93. The number of carboxylic acids is 1. The van der Waals surface area contributed by atoms with Crippen LogP contribution in [-0.4, -0.2) is 16.5 Å². The van der Waals surface area contributed by atoms with Gasteiger partial charge < -0.3 is 5.11 Å². The van der Waals surface area contributed by atoms with E-state index in [0.717, 1.165) is 0 Å². The number of hydrogen-bond acceptors (Lipinski definition) is 1. The largest absolute Gasteiger partial charge is 0.480 e. The van der Waals surface area contributed by atoms with Gasteiger partial charge in [-0.1, -0.05) is 24.3 Å². The van der Waals surface area contributed by atoms with Gasteiger partial charge >= 0.3 is 5.97 Å². The van der Waals surface area contributed by atoms with Crippen LogP contribution in [0.3, 0.4) is 0 Å². The number of carbonyl (C=O) groups is 1. The van der Waals surface area contributed by atoms with E-state index in [9.17, 15) is 4.79 Å². The van der Waals surface area contributed by atoms with Crippen molar-refractivity contribution >= 4 is 17.6 Å². The van der Waals surface area contributed by atoms with Gasteiger partial charge in [-0.2, -0.15) is 0 Å². The Morgan fingerprint density at radius 2 is 2.14 bits per heavy atom. The van der Waals surface area contributed by atoms with Gasteiger partial charge in [0, 0.05) is 0 Å². The second kappa shape index (κ2) is 5.01. The molecular formula is C11H13ClO2. The van der Waals surface area contributed by atoms with Crippen molar-refractivity contribution in [1.82, 2.24) is 0 Å². The van der Waals surface area contributed by atoms with Crippen molar-refractivity contribution in [2.75, 3.05) is 0 Å². The molecule has 0 fully saturated rings. The second-order valence-corrected chi connectivity index (χ2v) is 3.80. The highest BCUT2D eigenvalue weighted by Crippen LogP contribution is 2.13. The maximum atomic E-state index is 10.5. The van der Waals surface area contributed by atoms with E-state index >= 15 is 0 Å². The monoisotopic (exact) mass is 212 g/mol. The summed E-state index contributed by atoms with van der Waals surface area (Å²) in [7, 11) is 0. The predicted octanol–water partition coefficient (Wildman–Crippen LogP) is 2.62. The fourth-order valence-corrected chi connectivity index (χ4v) is 1.41. The summed E-state index contributed by atoms with van der Waals surface area (Å²) in [4.78, 5) is 10.5. The van der Waals surface area contributed by atoms with Crippen molar-refractivity contribution in [2.24, 2.45) is 0 Å². The smallest absolute Gasteiger partial charge is 0.321 e. The number of rotatable bonds is 4. The molecule has 0 spiro atoms. The lowest BCUT2D eigenvalue weighted by atomic mass is 10.0. The summed E-state index contributed by atoms with van der Waals surface area (Å²) in [6.07, 6.45) is 1.19. The average molecular weight is 213 g/mol. The lowest BCUT2D eigenvalue weighted by Gasteiger charge is -2.06. The summed E-state index contributed by atoms with van der Waals surface area (Å²) in [5, 5.41) is 7.81. The van der Waals surface area contributed by atoms with E-state index in [4.69, 9.17) is 16.7 Å². The molecule has 1 atom stereocenters. The maximum Gasteiger partial charge on any atom is 0.321 e. The van der Waals surface area contributed by atoms with Crippen LogP contribution in [0.15, 0.2) is 24.3 Å². The minimum Gasteiger partial charge on any atom is -0.480 e. The van der Waals surface area contributed by atoms with Gasteiger partial charge in [-0.3, -0.25) is 4.79 Å². The molecule has 0 saturated carbocycles. The molecule has 0 aliphatic carbocycles. The Labute approximate surface area is 88.5 Å². The number of aryl methyl sites for hydroxylation is 2. The lowest BCUT2D eigenvalue weighted by molar-refractivity contribution is -0.136. The number of carboxylic acid groups (broad SMARTS) is 1. The van der Waals surface area contributed by atoms with Gasteiger partial charge in [0.1, 0.15) is 5.38 Å². The van der Waals surface area contributed by atoms with E-state index in [1.165, 1.54) is 11.1 Å². The Balaban J connectivity index is 2.54. The van der Waals surface area contributed by atoms with Crippen LogP contribution in [0.4, 0.5) is 0 Å². The first kappa shape index (κ1) is 11.1. The highest BCUT2D eigenvalue weighted by atomic mass is 35.5. The van der Waals surface area contributed by atoms with E-state index in [1.54, 1.807) is 0 Å². The first-order valence-corrected chi connectivity index (χ1v) is 4.96. The minimum absolute atomic E-state index is 0.474. The summed E-state index contributed by atoms with van der Waals surface area (Å²) >= 11 is 5.62. The van der Waals surface area contributed by atoms with Gasteiger partial charge in [0.15, 0.2) is 0 Å². The number of benzene rings is 1. The van der Waals surface area contributed by atoms with E-state index in [0.29, 0.717) is 12.8 Å². The topological polar surface area (TPSA) is 37.3 Å². The molecule has 1 rings (SSSR count). The third kappa shape index (κ3) is 3.04. The van der Waals surface area contributed by atoms with Crippen LogP contribution < -0.4 is 0 Å². The summed E-state index contributed by atoms with van der Waals surface area (Å²) in [5.41, 5.74) is 2.35. The zero-order valence-corrected chi connectivity index (χ0v) is 8.79. The Bertz CT molecular complexity index is 323. The molecule has 0 aliphatic rings. The SMILES string of the molecule is Cc1ccccc1CCC(Cl)C(=O)O. The second-order valence-electron chi connectivity index (χ2n) is 3.27. The maximum absolute atomic E-state index is 10.5. The highest BCUT2D eigenvalue weighted by molar-refractivity contribution is 6.29. The first-order chi connectivity index (χ1) is 6.61. The Hall–Kier alpha value is -1.02. The fourth-order valence-electron chi connectivity index (χ4n) is 1.30. The van der Waals surface area contributed by atoms with Crippen molar-refractivity contribution in [3.63, 3.8) is 0 Å². The number of halogens is 1. The third-order valence-electron chi connectivity index (χ3n) is 2.20. The van der Waals surface area contributed by atoms with Crippen molar-refractivity contribution < 1.29 is 9.90 Å². The molecule has 14 heavy (non-hydrogen) atoms. The third-order valence-corrected chi connectivity index (χ3v) is 2.60. The molecule has 0 saturated heterocycles. The standard InChI is InChI=1S/C11H13ClO2/c1-8-4-2-3-5-9(8)6-7-10(12)11(13)14/h2-5,10H,6-7H2,1H3,(H,13,14). The van der Waals surface area contributed by atoms with Crippen LogP contribution in [0.1, 0.15) is 17.5 Å². The molecule has 0 aromatic heterocycles. The molecule has 76 valence electrons. The normalized spacial score (nSPS) is 12.4. The highest BCUT2D eigenvalue weighted by Gasteiger charge is 2.13. The molecule has 1 aromatic rings. The average Bonchev–Trinajstić information content (AvgIpc) is 2.16. The molecule has 0 bridgehead atoms. The van der Waals surface area contributed by atoms with Crippen LogP contribution in [0, 0.1) is 6.92 Å². The van der Waals surface area contributed by atoms with Gasteiger partial charge in [0.05, 0.1) is 0 Å². The summed E-state index contributed by atoms with van der Waals surface area (Å²) < 4.78 is 0. The quantitative estimate of drug-likeness (QED) is 0.780. The molecule has 1 aromatic carbocycles. The Kier molecular flexibility index (Phi) is 3.96. The van der Waals surface area contributed by atoms with Crippen molar-refractivity contribution in [3.8, 4) is 0 Å². The number of alkyl halides is 1. The molecule has 0 radical (unpaired) electrons. The molecular weight excluding hydrogens is 200 g/mol. The summed E-state index contributed by atoms with van der Waals surface area (Å²) in [5.74, 6) is -0.944. The van der Waals surface area contributed by atoms with E-state index < -0.39 is 11.3 Å². The van der Waals surface area contributed by atoms with E-state index in [1.807, 2.05) is 31.2 Å². The predicted molar refractivity (Wildman–Crippen MR) is 56.8 cm³/mol. The van der Waals surface area contributed by atoms with E-state index in [-0.39, 0.29) is 0 Å². The zero-order valence-electron chi connectivity index (χ0n) is 8.03. The molecule has 0 aliphatic heterocycles. The van der Waals surface area contributed by atoms with Crippen molar-refractivity contribution in [2.45, 2.75) is 25.1 Å². The molecule has 0 amide bonds. The van der Waals surface area contributed by atoms with Gasteiger partial charge in [-0.15, -0.1) is 11.6 Å². The molecule has 3 heteroatoms. The van der Waals surface area contributed by atoms with Crippen LogP contribution >= 0.6 is 11.6 Å². The lowest BCUT2D eigenvalue weighted by Crippen LogP contribution is -2.14. The molecule has 2 nitrogen and oxygen atoms in total. The Morgan fingerprint density at radius 1 is 1.50 bits per heavy atom.